The van der Waals surface area contributed by atoms with E-state index in [9.17, 15) is 22.8 Å². The van der Waals surface area contributed by atoms with Crippen LogP contribution in [0.2, 0.25) is 0 Å². The summed E-state index contributed by atoms with van der Waals surface area (Å²) in [4.78, 5) is 24.0. The summed E-state index contributed by atoms with van der Waals surface area (Å²) in [5, 5.41) is 4.62. The second-order valence-electron chi connectivity index (χ2n) is 5.85. The minimum Gasteiger partial charge on any atom is -0.472 e. The molecule has 28 heavy (non-hydrogen) atoms. The second kappa shape index (κ2) is 8.03. The molecule has 6 nitrogen and oxygen atoms in total. The minimum atomic E-state index is -4.72. The van der Waals surface area contributed by atoms with Crippen LogP contribution in [0.1, 0.15) is 28.1 Å². The zero-order valence-electron chi connectivity index (χ0n) is 14.4. The van der Waals surface area contributed by atoms with E-state index in [1.54, 1.807) is 12.1 Å². The lowest BCUT2D eigenvalue weighted by atomic mass is 10.1. The molecule has 0 saturated carbocycles. The molecular weight excluding hydrogens is 377 g/mol. The van der Waals surface area contributed by atoms with Gasteiger partial charge in [-0.25, -0.2) is 0 Å². The van der Waals surface area contributed by atoms with E-state index in [2.05, 4.69) is 10.6 Å². The number of anilines is 2. The van der Waals surface area contributed by atoms with Gasteiger partial charge >= 0.3 is 6.18 Å². The van der Waals surface area contributed by atoms with Gasteiger partial charge in [0.15, 0.2) is 0 Å². The third-order valence-corrected chi connectivity index (χ3v) is 3.82. The van der Waals surface area contributed by atoms with Crippen LogP contribution in [0.4, 0.5) is 24.5 Å². The fraction of sp³-hybridized carbons (Fsp3) is 0.158. The molecule has 2 heterocycles. The molecule has 0 atom stereocenters. The summed E-state index contributed by atoms with van der Waals surface area (Å²) in [6.07, 6.45) is -0.598. The van der Waals surface area contributed by atoms with Crippen LogP contribution < -0.4 is 10.6 Å². The van der Waals surface area contributed by atoms with E-state index in [0.717, 1.165) is 12.1 Å². The highest BCUT2D eigenvalue weighted by atomic mass is 19.4. The van der Waals surface area contributed by atoms with E-state index >= 15 is 0 Å². The number of halogens is 3. The minimum absolute atomic E-state index is 0.0379. The molecule has 2 aromatic heterocycles. The first-order chi connectivity index (χ1) is 13.3. The Kier molecular flexibility index (Phi) is 5.53. The first kappa shape index (κ1) is 19.3. The van der Waals surface area contributed by atoms with Crippen molar-refractivity contribution in [1.29, 1.82) is 0 Å². The van der Waals surface area contributed by atoms with Gasteiger partial charge in [0.1, 0.15) is 12.0 Å². The summed E-state index contributed by atoms with van der Waals surface area (Å²) in [6.45, 7) is 0. The van der Waals surface area contributed by atoms with Crippen LogP contribution in [-0.2, 0) is 17.4 Å². The molecule has 1 aromatic carbocycles. The van der Waals surface area contributed by atoms with Gasteiger partial charge in [0, 0.05) is 18.5 Å². The van der Waals surface area contributed by atoms with Crippen molar-refractivity contribution >= 4 is 23.2 Å². The zero-order valence-corrected chi connectivity index (χ0v) is 14.4. The third kappa shape index (κ3) is 4.81. The highest BCUT2D eigenvalue weighted by Gasteiger charge is 2.34. The predicted molar refractivity (Wildman–Crippen MR) is 93.8 cm³/mol. The number of rotatable bonds is 6. The van der Waals surface area contributed by atoms with Crippen molar-refractivity contribution in [1.82, 2.24) is 0 Å². The number of nitrogens with one attached hydrogen (secondary N) is 2. The first-order valence-electron chi connectivity index (χ1n) is 8.20. The maximum atomic E-state index is 13.4. The molecule has 2 amide bonds. The number of furan rings is 2. The van der Waals surface area contributed by atoms with Crippen molar-refractivity contribution in [3.63, 3.8) is 0 Å². The highest BCUT2D eigenvalue weighted by molar-refractivity contribution is 6.04. The average molecular weight is 392 g/mol. The SMILES string of the molecule is O=C(CCc1ccco1)Nc1ccc(NC(=O)c2ccoc2)cc1C(F)(F)F. The lowest BCUT2D eigenvalue weighted by molar-refractivity contribution is -0.136. The molecular formula is C19H15F3N2O4. The lowest BCUT2D eigenvalue weighted by Crippen LogP contribution is -2.18. The summed E-state index contributed by atoms with van der Waals surface area (Å²) < 4.78 is 50.1. The van der Waals surface area contributed by atoms with Crippen LogP contribution in [0.5, 0.6) is 0 Å². The largest absolute Gasteiger partial charge is 0.472 e. The van der Waals surface area contributed by atoms with E-state index in [4.69, 9.17) is 8.83 Å². The molecule has 0 bridgehead atoms. The van der Waals surface area contributed by atoms with Crippen molar-refractivity contribution in [2.24, 2.45) is 0 Å². The number of carbonyl (C=O) groups excluding carboxylic acids is 2. The molecule has 0 unspecified atom stereocenters. The molecule has 0 spiro atoms. The van der Waals surface area contributed by atoms with Crippen LogP contribution in [0, 0.1) is 0 Å². The Labute approximate surface area is 157 Å². The Morgan fingerprint density at radius 3 is 2.50 bits per heavy atom. The van der Waals surface area contributed by atoms with E-state index < -0.39 is 29.2 Å². The maximum Gasteiger partial charge on any atom is 0.418 e. The van der Waals surface area contributed by atoms with Crippen LogP contribution in [0.25, 0.3) is 0 Å². The van der Waals surface area contributed by atoms with Crippen molar-refractivity contribution in [2.75, 3.05) is 10.6 Å². The van der Waals surface area contributed by atoms with Gasteiger partial charge < -0.3 is 19.5 Å². The Hall–Kier alpha value is -3.49. The van der Waals surface area contributed by atoms with Crippen LogP contribution in [-0.4, -0.2) is 11.8 Å². The highest BCUT2D eigenvalue weighted by Crippen LogP contribution is 2.36. The zero-order chi connectivity index (χ0) is 20.1. The standard InChI is InChI=1S/C19H15F3N2O4/c20-19(21,22)15-10-13(23-18(26)12-7-9-27-11-12)3-5-16(15)24-17(25)6-4-14-2-1-8-28-14/h1-3,5,7-11H,4,6H2,(H,23,26)(H,24,25). The smallest absolute Gasteiger partial charge is 0.418 e. The third-order valence-electron chi connectivity index (χ3n) is 3.82. The van der Waals surface area contributed by atoms with Gasteiger partial charge in [0.2, 0.25) is 5.91 Å². The number of hydrogen-bond donors (Lipinski definition) is 2. The maximum absolute atomic E-state index is 13.4. The summed E-state index contributed by atoms with van der Waals surface area (Å²) in [6, 6.07) is 7.85. The Morgan fingerprint density at radius 1 is 1.04 bits per heavy atom. The average Bonchev–Trinajstić information content (AvgIpc) is 3.34. The lowest BCUT2D eigenvalue weighted by Gasteiger charge is -2.15. The van der Waals surface area contributed by atoms with Gasteiger partial charge in [-0.05, 0) is 36.4 Å². The van der Waals surface area contributed by atoms with Crippen molar-refractivity contribution in [3.8, 4) is 0 Å². The molecule has 0 aliphatic heterocycles. The summed E-state index contributed by atoms with van der Waals surface area (Å²) in [5.41, 5.74) is -1.35. The van der Waals surface area contributed by atoms with Gasteiger partial charge in [-0.2, -0.15) is 13.2 Å². The molecule has 0 aliphatic rings. The topological polar surface area (TPSA) is 84.5 Å². The van der Waals surface area contributed by atoms with Crippen LogP contribution in [0.15, 0.2) is 64.0 Å². The predicted octanol–water partition coefficient (Wildman–Crippen LogP) is 4.72. The summed E-state index contributed by atoms with van der Waals surface area (Å²) >= 11 is 0. The number of hydrogen-bond acceptors (Lipinski definition) is 4. The number of carbonyl (C=O) groups is 2. The second-order valence-corrected chi connectivity index (χ2v) is 5.85. The normalized spacial score (nSPS) is 11.2. The van der Waals surface area contributed by atoms with Crippen molar-refractivity contribution in [3.05, 3.63) is 72.1 Å². The number of alkyl halides is 3. The molecule has 0 radical (unpaired) electrons. The molecule has 9 heteroatoms. The van der Waals surface area contributed by atoms with E-state index in [1.807, 2.05) is 0 Å². The van der Waals surface area contributed by atoms with Crippen molar-refractivity contribution in [2.45, 2.75) is 19.0 Å². The number of aryl methyl sites for hydroxylation is 1. The molecule has 2 N–H and O–H groups in total. The van der Waals surface area contributed by atoms with Crippen LogP contribution >= 0.6 is 0 Å². The Morgan fingerprint density at radius 2 is 1.86 bits per heavy atom. The number of amides is 2. The Bertz CT molecular complexity index is 948. The first-order valence-corrected chi connectivity index (χ1v) is 8.20. The fourth-order valence-electron chi connectivity index (χ4n) is 2.47. The monoisotopic (exact) mass is 392 g/mol. The fourth-order valence-corrected chi connectivity index (χ4v) is 2.47. The van der Waals surface area contributed by atoms with E-state index in [-0.39, 0.29) is 24.1 Å². The molecule has 0 aliphatic carbocycles. The summed E-state index contributed by atoms with van der Waals surface area (Å²) in [7, 11) is 0. The molecule has 3 rings (SSSR count). The quantitative estimate of drug-likeness (QED) is 0.636. The van der Waals surface area contributed by atoms with Crippen molar-refractivity contribution < 1.29 is 31.6 Å². The molecule has 0 saturated heterocycles. The number of benzene rings is 1. The summed E-state index contributed by atoms with van der Waals surface area (Å²) in [5.74, 6) is -0.641. The molecule has 0 fully saturated rings. The van der Waals surface area contributed by atoms with Gasteiger partial charge in [-0.3, -0.25) is 9.59 Å². The van der Waals surface area contributed by atoms with Gasteiger partial charge in [-0.15, -0.1) is 0 Å². The Balaban J connectivity index is 1.73. The molecule has 146 valence electrons. The van der Waals surface area contributed by atoms with Gasteiger partial charge in [0.05, 0.1) is 29.3 Å². The van der Waals surface area contributed by atoms with Gasteiger partial charge in [-0.1, -0.05) is 0 Å². The van der Waals surface area contributed by atoms with E-state index in [1.165, 1.54) is 30.9 Å². The molecule has 3 aromatic rings. The van der Waals surface area contributed by atoms with Crippen LogP contribution in [0.3, 0.4) is 0 Å². The van der Waals surface area contributed by atoms with E-state index in [0.29, 0.717) is 5.76 Å². The van der Waals surface area contributed by atoms with Gasteiger partial charge in [0.25, 0.3) is 5.91 Å².